The molecule has 0 bridgehead atoms. The molecule has 22 heavy (non-hydrogen) atoms. The van der Waals surface area contributed by atoms with E-state index in [9.17, 15) is 4.79 Å². The first-order chi connectivity index (χ1) is 10.4. The lowest BCUT2D eigenvalue weighted by Gasteiger charge is -2.39. The smallest absolute Gasteiger partial charge is 0.319 e. The number of para-hydroxylation sites is 1. The zero-order valence-corrected chi connectivity index (χ0v) is 13.6. The molecule has 3 N–H and O–H groups in total. The van der Waals surface area contributed by atoms with Gasteiger partial charge in [0.05, 0.1) is 5.69 Å². The lowest BCUT2D eigenvalue weighted by atomic mass is 9.71. The third-order valence-electron chi connectivity index (χ3n) is 4.56. The zero-order valence-electron chi connectivity index (χ0n) is 13.6. The van der Waals surface area contributed by atoms with Gasteiger partial charge in [-0.25, -0.2) is 4.79 Å². The second kappa shape index (κ2) is 5.67. The van der Waals surface area contributed by atoms with Crippen LogP contribution in [0.2, 0.25) is 0 Å². The average molecular weight is 299 g/mol. The zero-order chi connectivity index (χ0) is 15.7. The van der Waals surface area contributed by atoms with Crippen molar-refractivity contribution in [2.75, 3.05) is 5.32 Å². The van der Waals surface area contributed by atoms with Gasteiger partial charge >= 0.3 is 6.03 Å². The summed E-state index contributed by atoms with van der Waals surface area (Å²) in [5, 5.41) is 7.15. The molecule has 1 aliphatic carbocycles. The summed E-state index contributed by atoms with van der Waals surface area (Å²) in [5.74, 6) is 0.655. The fraction of sp³-hybridized carbons (Fsp3) is 0.500. The minimum Gasteiger partial charge on any atom is -0.359 e. The molecule has 1 aromatic carbocycles. The monoisotopic (exact) mass is 299 g/mol. The number of benzene rings is 1. The molecular weight excluding hydrogens is 274 g/mol. The maximum atomic E-state index is 12.3. The molecule has 1 aliphatic rings. The fourth-order valence-corrected chi connectivity index (χ4v) is 3.97. The van der Waals surface area contributed by atoms with Gasteiger partial charge in [0.2, 0.25) is 0 Å². The number of hydrogen-bond acceptors (Lipinski definition) is 1. The summed E-state index contributed by atoms with van der Waals surface area (Å²) in [6.45, 7) is 6.84. The van der Waals surface area contributed by atoms with Crippen LogP contribution in [0.4, 0.5) is 10.5 Å². The molecule has 2 aromatic rings. The van der Waals surface area contributed by atoms with Crippen LogP contribution >= 0.6 is 0 Å². The molecule has 4 heteroatoms. The van der Waals surface area contributed by atoms with Gasteiger partial charge in [0.25, 0.3) is 0 Å². The second-order valence-corrected chi connectivity index (χ2v) is 7.46. The van der Waals surface area contributed by atoms with Crippen LogP contribution in [0, 0.1) is 11.3 Å². The van der Waals surface area contributed by atoms with Crippen LogP contribution < -0.4 is 10.6 Å². The Morgan fingerprint density at radius 1 is 1.27 bits per heavy atom. The van der Waals surface area contributed by atoms with E-state index in [1.165, 1.54) is 6.42 Å². The topological polar surface area (TPSA) is 56.9 Å². The minimum absolute atomic E-state index is 0.111. The van der Waals surface area contributed by atoms with Crippen molar-refractivity contribution in [3.63, 3.8) is 0 Å². The minimum atomic E-state index is -0.111. The quantitative estimate of drug-likeness (QED) is 0.751. The molecule has 0 saturated heterocycles. The van der Waals surface area contributed by atoms with E-state index in [1.807, 2.05) is 30.5 Å². The fourth-order valence-electron chi connectivity index (χ4n) is 3.97. The van der Waals surface area contributed by atoms with Gasteiger partial charge in [-0.2, -0.15) is 0 Å². The van der Waals surface area contributed by atoms with Gasteiger partial charge in [0.1, 0.15) is 0 Å². The number of amides is 2. The Balaban J connectivity index is 1.65. The Kier molecular flexibility index (Phi) is 3.85. The van der Waals surface area contributed by atoms with E-state index < -0.39 is 0 Å². The van der Waals surface area contributed by atoms with Gasteiger partial charge in [0, 0.05) is 23.1 Å². The van der Waals surface area contributed by atoms with Gasteiger partial charge in [-0.1, -0.05) is 39.0 Å². The molecule has 1 saturated carbocycles. The molecule has 1 fully saturated rings. The number of carbonyl (C=O) groups excluding carboxylic acids is 1. The van der Waals surface area contributed by atoms with Gasteiger partial charge in [-0.3, -0.25) is 0 Å². The molecule has 1 aromatic heterocycles. The SMILES string of the molecule is C[C@H]1C[C@@H](NC(=O)Nc2c[nH]c3ccccc23)CC(C)(C)C1. The first kappa shape index (κ1) is 14.9. The normalized spacial score (nSPS) is 24.1. The Morgan fingerprint density at radius 3 is 2.82 bits per heavy atom. The lowest BCUT2D eigenvalue weighted by Crippen LogP contribution is -2.44. The summed E-state index contributed by atoms with van der Waals surface area (Å²) >= 11 is 0. The molecule has 0 radical (unpaired) electrons. The van der Waals surface area contributed by atoms with Crippen molar-refractivity contribution in [1.29, 1.82) is 0 Å². The van der Waals surface area contributed by atoms with E-state index in [4.69, 9.17) is 0 Å². The highest BCUT2D eigenvalue weighted by Gasteiger charge is 2.32. The Hall–Kier alpha value is -1.97. The van der Waals surface area contributed by atoms with E-state index in [0.717, 1.165) is 29.4 Å². The van der Waals surface area contributed by atoms with Crippen molar-refractivity contribution >= 4 is 22.6 Å². The molecule has 1 heterocycles. The lowest BCUT2D eigenvalue weighted by molar-refractivity contribution is 0.154. The number of aromatic amines is 1. The first-order valence-electron chi connectivity index (χ1n) is 8.06. The highest BCUT2D eigenvalue weighted by molar-refractivity contribution is 6.01. The largest absolute Gasteiger partial charge is 0.359 e. The Bertz CT molecular complexity index is 674. The third kappa shape index (κ3) is 3.26. The van der Waals surface area contributed by atoms with Crippen molar-refractivity contribution in [1.82, 2.24) is 10.3 Å². The van der Waals surface area contributed by atoms with Crippen LogP contribution in [0.25, 0.3) is 10.9 Å². The number of aromatic nitrogens is 1. The molecule has 2 amide bonds. The summed E-state index contributed by atoms with van der Waals surface area (Å²) in [7, 11) is 0. The standard InChI is InChI=1S/C18H25N3O/c1-12-8-13(10-18(2,3)9-12)20-17(22)21-16-11-19-15-7-5-4-6-14(15)16/h4-7,11-13,19H,8-10H2,1-3H3,(H2,20,21,22)/t12-,13+/m0/s1. The predicted molar refractivity (Wildman–Crippen MR) is 91.0 cm³/mol. The van der Waals surface area contributed by atoms with Crippen molar-refractivity contribution in [3.05, 3.63) is 30.5 Å². The average Bonchev–Trinajstić information content (AvgIpc) is 2.79. The Morgan fingerprint density at radius 2 is 2.05 bits per heavy atom. The second-order valence-electron chi connectivity index (χ2n) is 7.46. The van der Waals surface area contributed by atoms with Crippen LogP contribution in [0.5, 0.6) is 0 Å². The predicted octanol–water partition coefficient (Wildman–Crippen LogP) is 4.50. The van der Waals surface area contributed by atoms with Crippen LogP contribution in [0.15, 0.2) is 30.5 Å². The van der Waals surface area contributed by atoms with Crippen LogP contribution in [0.1, 0.15) is 40.0 Å². The number of fused-ring (bicyclic) bond motifs is 1. The van der Waals surface area contributed by atoms with Gasteiger partial charge in [-0.15, -0.1) is 0 Å². The van der Waals surface area contributed by atoms with E-state index >= 15 is 0 Å². The van der Waals surface area contributed by atoms with Crippen LogP contribution in [-0.2, 0) is 0 Å². The Labute approximate surface area is 131 Å². The van der Waals surface area contributed by atoms with Crippen LogP contribution in [-0.4, -0.2) is 17.1 Å². The number of rotatable bonds is 2. The number of urea groups is 1. The van der Waals surface area contributed by atoms with Gasteiger partial charge in [0.15, 0.2) is 0 Å². The number of nitrogens with one attached hydrogen (secondary N) is 3. The third-order valence-corrected chi connectivity index (χ3v) is 4.56. The van der Waals surface area contributed by atoms with Crippen LogP contribution in [0.3, 0.4) is 0 Å². The number of H-pyrrole nitrogens is 1. The molecule has 3 rings (SSSR count). The highest BCUT2D eigenvalue weighted by atomic mass is 16.2. The molecule has 0 unspecified atom stereocenters. The maximum absolute atomic E-state index is 12.3. The van der Waals surface area contributed by atoms with E-state index in [0.29, 0.717) is 11.3 Å². The summed E-state index contributed by atoms with van der Waals surface area (Å²) in [6, 6.07) is 8.11. The molecule has 0 aliphatic heterocycles. The summed E-state index contributed by atoms with van der Waals surface area (Å²) < 4.78 is 0. The molecule has 2 atom stereocenters. The molecule has 118 valence electrons. The van der Waals surface area contributed by atoms with E-state index in [-0.39, 0.29) is 12.1 Å². The van der Waals surface area contributed by atoms with Crippen molar-refractivity contribution in [3.8, 4) is 0 Å². The number of carbonyl (C=O) groups is 1. The molecule has 0 spiro atoms. The van der Waals surface area contributed by atoms with Crippen molar-refractivity contribution in [2.45, 2.75) is 46.1 Å². The highest BCUT2D eigenvalue weighted by Crippen LogP contribution is 2.38. The van der Waals surface area contributed by atoms with Gasteiger partial charge < -0.3 is 15.6 Å². The number of anilines is 1. The maximum Gasteiger partial charge on any atom is 0.319 e. The summed E-state index contributed by atoms with van der Waals surface area (Å²) in [6.07, 6.45) is 5.18. The molecular formula is C18H25N3O. The van der Waals surface area contributed by atoms with E-state index in [2.05, 4.69) is 36.4 Å². The number of hydrogen-bond donors (Lipinski definition) is 3. The summed E-state index contributed by atoms with van der Waals surface area (Å²) in [5.41, 5.74) is 2.16. The summed E-state index contributed by atoms with van der Waals surface area (Å²) in [4.78, 5) is 15.5. The molecule has 4 nitrogen and oxygen atoms in total. The first-order valence-corrected chi connectivity index (χ1v) is 8.06. The van der Waals surface area contributed by atoms with E-state index in [1.54, 1.807) is 0 Å². The van der Waals surface area contributed by atoms with Crippen molar-refractivity contribution in [2.24, 2.45) is 11.3 Å². The van der Waals surface area contributed by atoms with Gasteiger partial charge in [-0.05, 0) is 36.7 Å². The van der Waals surface area contributed by atoms with Crippen molar-refractivity contribution < 1.29 is 4.79 Å².